The molecule has 2 aromatic rings. The highest BCUT2D eigenvalue weighted by Gasteiger charge is 2.35. The number of carbonyl (C=O) groups excluding carboxylic acids is 1. The standard InChI is InChI=1S/C19H24F3N3O2/c1-18(2,3)11-15(26)24(4)17-23-13-9-6-10-14(27-19(20,21)22)16(13)25(17)12-7-5-8-12/h6,9-10,12H,5,7-8,11H2,1-4H3. The molecule has 0 atom stereocenters. The molecule has 8 heteroatoms. The smallest absolute Gasteiger partial charge is 0.403 e. The molecule has 1 aliphatic carbocycles. The highest BCUT2D eigenvalue weighted by atomic mass is 19.4. The number of nitrogens with zero attached hydrogens (tertiary/aromatic N) is 3. The maximum absolute atomic E-state index is 12.9. The first-order valence-corrected chi connectivity index (χ1v) is 8.99. The monoisotopic (exact) mass is 383 g/mol. The van der Waals surface area contributed by atoms with Crippen LogP contribution in [0.4, 0.5) is 19.1 Å². The lowest BCUT2D eigenvalue weighted by Gasteiger charge is -2.31. The van der Waals surface area contributed by atoms with Gasteiger partial charge in [-0.25, -0.2) is 4.98 Å². The van der Waals surface area contributed by atoms with Gasteiger partial charge in [-0.3, -0.25) is 9.69 Å². The summed E-state index contributed by atoms with van der Waals surface area (Å²) in [6.07, 6.45) is -1.83. The highest BCUT2D eigenvalue weighted by Crippen LogP contribution is 2.42. The van der Waals surface area contributed by atoms with Crippen LogP contribution in [0.25, 0.3) is 11.0 Å². The van der Waals surface area contributed by atoms with Gasteiger partial charge in [-0.2, -0.15) is 0 Å². The normalized spacial score (nSPS) is 15.7. The van der Waals surface area contributed by atoms with Gasteiger partial charge in [0.1, 0.15) is 5.52 Å². The molecule has 148 valence electrons. The number of amides is 1. The molecule has 5 nitrogen and oxygen atoms in total. The number of fused-ring (bicyclic) bond motifs is 1. The Bertz CT molecular complexity index is 848. The summed E-state index contributed by atoms with van der Waals surface area (Å²) in [4.78, 5) is 18.6. The number of imidazole rings is 1. The molecule has 1 amide bonds. The minimum absolute atomic E-state index is 0.00729. The predicted molar refractivity (Wildman–Crippen MR) is 96.8 cm³/mol. The third kappa shape index (κ3) is 4.20. The second kappa shape index (κ2) is 6.73. The number of carbonyl (C=O) groups is 1. The summed E-state index contributed by atoms with van der Waals surface area (Å²) >= 11 is 0. The van der Waals surface area contributed by atoms with Gasteiger partial charge in [0.2, 0.25) is 11.9 Å². The van der Waals surface area contributed by atoms with Gasteiger partial charge < -0.3 is 9.30 Å². The van der Waals surface area contributed by atoms with E-state index in [4.69, 9.17) is 0 Å². The van der Waals surface area contributed by atoms with Gasteiger partial charge in [0.05, 0.1) is 5.52 Å². The summed E-state index contributed by atoms with van der Waals surface area (Å²) in [5, 5.41) is 0. The van der Waals surface area contributed by atoms with Crippen molar-refractivity contribution in [2.24, 2.45) is 5.41 Å². The molecular formula is C19H24F3N3O2. The van der Waals surface area contributed by atoms with Crippen LogP contribution in [0.3, 0.4) is 0 Å². The molecule has 1 aromatic heterocycles. The summed E-state index contributed by atoms with van der Waals surface area (Å²) in [6.45, 7) is 5.88. The Kier molecular flexibility index (Phi) is 4.86. The average molecular weight is 383 g/mol. The van der Waals surface area contributed by atoms with Crippen molar-refractivity contribution in [1.82, 2.24) is 9.55 Å². The van der Waals surface area contributed by atoms with Crippen molar-refractivity contribution in [3.8, 4) is 5.75 Å². The topological polar surface area (TPSA) is 47.4 Å². The molecule has 27 heavy (non-hydrogen) atoms. The average Bonchev–Trinajstić information content (AvgIpc) is 2.82. The fraction of sp³-hybridized carbons (Fsp3) is 0.579. The van der Waals surface area contributed by atoms with Crippen LogP contribution in [0.1, 0.15) is 52.5 Å². The van der Waals surface area contributed by atoms with Crippen molar-refractivity contribution in [1.29, 1.82) is 0 Å². The van der Waals surface area contributed by atoms with Crippen LogP contribution in [0.15, 0.2) is 18.2 Å². The summed E-state index contributed by atoms with van der Waals surface area (Å²) in [5.41, 5.74) is 0.461. The molecule has 0 N–H and O–H groups in total. The SMILES string of the molecule is CN(C(=O)CC(C)(C)C)c1nc2cccc(OC(F)(F)F)c2n1C1CCC1. The molecule has 1 saturated carbocycles. The molecule has 3 rings (SSSR count). The van der Waals surface area contributed by atoms with E-state index >= 15 is 0 Å². The van der Waals surface area contributed by atoms with E-state index < -0.39 is 6.36 Å². The Morgan fingerprint density at radius 3 is 2.48 bits per heavy atom. The lowest BCUT2D eigenvalue weighted by atomic mass is 9.91. The zero-order valence-electron chi connectivity index (χ0n) is 15.9. The van der Waals surface area contributed by atoms with E-state index in [1.165, 1.54) is 17.0 Å². The molecular weight excluding hydrogens is 359 g/mol. The molecule has 0 radical (unpaired) electrons. The second-order valence-electron chi connectivity index (χ2n) is 8.23. The molecule has 0 unspecified atom stereocenters. The van der Waals surface area contributed by atoms with Crippen LogP contribution in [0, 0.1) is 5.41 Å². The second-order valence-corrected chi connectivity index (χ2v) is 8.23. The van der Waals surface area contributed by atoms with Gasteiger partial charge in [-0.1, -0.05) is 26.8 Å². The Hall–Kier alpha value is -2.25. The van der Waals surface area contributed by atoms with E-state index in [0.717, 1.165) is 19.3 Å². The van der Waals surface area contributed by atoms with Crippen LogP contribution in [-0.4, -0.2) is 28.9 Å². The molecule has 0 aliphatic heterocycles. The predicted octanol–water partition coefficient (Wildman–Crippen LogP) is 5.06. The minimum Gasteiger partial charge on any atom is -0.403 e. The molecule has 1 fully saturated rings. The van der Waals surface area contributed by atoms with Crippen LogP contribution in [0.2, 0.25) is 0 Å². The van der Waals surface area contributed by atoms with Crippen LogP contribution in [0.5, 0.6) is 5.75 Å². The number of hydrogen-bond donors (Lipinski definition) is 0. The van der Waals surface area contributed by atoms with Gasteiger partial charge in [0, 0.05) is 19.5 Å². The van der Waals surface area contributed by atoms with E-state index in [-0.39, 0.29) is 28.6 Å². The zero-order valence-corrected chi connectivity index (χ0v) is 15.9. The largest absolute Gasteiger partial charge is 0.573 e. The Morgan fingerprint density at radius 2 is 1.96 bits per heavy atom. The number of hydrogen-bond acceptors (Lipinski definition) is 3. The first kappa shape index (κ1) is 19.5. The number of anilines is 1. The minimum atomic E-state index is -4.79. The zero-order chi connectivity index (χ0) is 20.0. The van der Waals surface area contributed by atoms with E-state index in [1.807, 2.05) is 20.8 Å². The van der Waals surface area contributed by atoms with Crippen molar-refractivity contribution in [2.75, 3.05) is 11.9 Å². The van der Waals surface area contributed by atoms with Crippen molar-refractivity contribution in [3.63, 3.8) is 0 Å². The number of aromatic nitrogens is 2. The molecule has 0 spiro atoms. The summed E-state index contributed by atoms with van der Waals surface area (Å²) in [6, 6.07) is 4.41. The maximum Gasteiger partial charge on any atom is 0.573 e. The van der Waals surface area contributed by atoms with Crippen molar-refractivity contribution in [3.05, 3.63) is 18.2 Å². The van der Waals surface area contributed by atoms with Crippen molar-refractivity contribution >= 4 is 22.9 Å². The highest BCUT2D eigenvalue weighted by molar-refractivity contribution is 5.94. The third-order valence-corrected chi connectivity index (χ3v) is 4.68. The van der Waals surface area contributed by atoms with E-state index in [9.17, 15) is 18.0 Å². The number of halogens is 3. The molecule has 0 saturated heterocycles. The number of rotatable bonds is 4. The van der Waals surface area contributed by atoms with Gasteiger partial charge in [-0.15, -0.1) is 13.2 Å². The van der Waals surface area contributed by atoms with Gasteiger partial charge in [0.15, 0.2) is 5.75 Å². The van der Waals surface area contributed by atoms with E-state index in [1.54, 1.807) is 17.7 Å². The number of alkyl halides is 3. The van der Waals surface area contributed by atoms with Crippen molar-refractivity contribution in [2.45, 2.75) is 58.9 Å². The van der Waals surface area contributed by atoms with Gasteiger partial charge in [-0.05, 0) is 36.8 Å². The fourth-order valence-electron chi connectivity index (χ4n) is 3.22. The van der Waals surface area contributed by atoms with Gasteiger partial charge >= 0.3 is 6.36 Å². The lowest BCUT2D eigenvalue weighted by Crippen LogP contribution is -2.33. The number of ether oxygens (including phenoxy) is 1. The molecule has 1 heterocycles. The Labute approximate surface area is 156 Å². The van der Waals surface area contributed by atoms with Crippen LogP contribution in [-0.2, 0) is 4.79 Å². The number of para-hydroxylation sites is 1. The summed E-state index contributed by atoms with van der Waals surface area (Å²) in [7, 11) is 1.62. The van der Waals surface area contributed by atoms with E-state index in [2.05, 4.69) is 9.72 Å². The summed E-state index contributed by atoms with van der Waals surface area (Å²) < 4.78 is 44.6. The summed E-state index contributed by atoms with van der Waals surface area (Å²) in [5.74, 6) is -0.0545. The first-order valence-electron chi connectivity index (χ1n) is 8.99. The van der Waals surface area contributed by atoms with E-state index in [0.29, 0.717) is 17.9 Å². The quantitative estimate of drug-likeness (QED) is 0.742. The number of benzene rings is 1. The third-order valence-electron chi connectivity index (χ3n) is 4.68. The lowest BCUT2D eigenvalue weighted by molar-refractivity contribution is -0.274. The van der Waals surface area contributed by atoms with Crippen LogP contribution >= 0.6 is 0 Å². The molecule has 1 aromatic carbocycles. The maximum atomic E-state index is 12.9. The molecule has 0 bridgehead atoms. The Morgan fingerprint density at radius 1 is 1.30 bits per heavy atom. The Balaban J connectivity index is 2.10. The molecule has 1 aliphatic rings. The fourth-order valence-corrected chi connectivity index (χ4v) is 3.22. The van der Waals surface area contributed by atoms with Crippen molar-refractivity contribution < 1.29 is 22.7 Å². The first-order chi connectivity index (χ1) is 12.5. The van der Waals surface area contributed by atoms with Crippen LogP contribution < -0.4 is 9.64 Å². The van der Waals surface area contributed by atoms with Gasteiger partial charge in [0.25, 0.3) is 0 Å².